The molecular weight excluding hydrogens is 365 g/mol. The van der Waals surface area contributed by atoms with Gasteiger partial charge >= 0.3 is 0 Å². The Labute approximate surface area is 154 Å². The molecule has 0 radical (unpaired) electrons. The highest BCUT2D eigenvalue weighted by atomic mass is 35.5. The Bertz CT molecular complexity index is 792. The van der Waals surface area contributed by atoms with Crippen LogP contribution < -0.4 is 10.6 Å². The van der Waals surface area contributed by atoms with Crippen molar-refractivity contribution in [2.45, 2.75) is 27.2 Å². The highest BCUT2D eigenvalue weighted by molar-refractivity contribution is 7.13. The number of thiazole rings is 1. The zero-order valence-corrected chi connectivity index (χ0v) is 15.7. The SMILES string of the molecule is Cc1nc(CC(=O)Nc2ccc(F)cc2Cl)sc1C(=O)NCC(C)C. The van der Waals surface area contributed by atoms with Crippen molar-refractivity contribution in [1.29, 1.82) is 0 Å². The third-order valence-electron chi connectivity index (χ3n) is 3.23. The van der Waals surface area contributed by atoms with E-state index in [4.69, 9.17) is 11.6 Å². The van der Waals surface area contributed by atoms with Crippen LogP contribution in [-0.2, 0) is 11.2 Å². The van der Waals surface area contributed by atoms with Crippen molar-refractivity contribution >= 4 is 40.4 Å². The lowest BCUT2D eigenvalue weighted by molar-refractivity contribution is -0.115. The Morgan fingerprint density at radius 3 is 2.72 bits per heavy atom. The van der Waals surface area contributed by atoms with Crippen molar-refractivity contribution in [3.63, 3.8) is 0 Å². The van der Waals surface area contributed by atoms with Crippen molar-refractivity contribution in [1.82, 2.24) is 10.3 Å². The summed E-state index contributed by atoms with van der Waals surface area (Å²) in [6.45, 7) is 6.33. The molecule has 1 aromatic carbocycles. The highest BCUT2D eigenvalue weighted by Gasteiger charge is 2.17. The van der Waals surface area contributed by atoms with Gasteiger partial charge in [-0.1, -0.05) is 25.4 Å². The van der Waals surface area contributed by atoms with Gasteiger partial charge in [0.2, 0.25) is 5.91 Å². The van der Waals surface area contributed by atoms with Crippen molar-refractivity contribution in [2.75, 3.05) is 11.9 Å². The molecule has 0 unspecified atom stereocenters. The third kappa shape index (κ3) is 5.51. The number of nitrogens with one attached hydrogen (secondary N) is 2. The number of hydrogen-bond donors (Lipinski definition) is 2. The van der Waals surface area contributed by atoms with E-state index in [0.29, 0.717) is 33.7 Å². The summed E-state index contributed by atoms with van der Waals surface area (Å²) in [5.74, 6) is -0.646. The van der Waals surface area contributed by atoms with Crippen LogP contribution in [0.15, 0.2) is 18.2 Å². The smallest absolute Gasteiger partial charge is 0.263 e. The van der Waals surface area contributed by atoms with Crippen LogP contribution in [0.2, 0.25) is 5.02 Å². The highest BCUT2D eigenvalue weighted by Crippen LogP contribution is 2.23. The standard InChI is InChI=1S/C17H19ClFN3O2S/c1-9(2)8-20-17(24)16-10(3)21-15(25-16)7-14(23)22-13-5-4-11(19)6-12(13)18/h4-6,9H,7-8H2,1-3H3,(H,20,24)(H,22,23). The summed E-state index contributed by atoms with van der Waals surface area (Å²) in [5.41, 5.74) is 0.921. The molecule has 0 bridgehead atoms. The topological polar surface area (TPSA) is 71.1 Å². The average molecular weight is 384 g/mol. The van der Waals surface area contributed by atoms with Gasteiger partial charge in [0.1, 0.15) is 15.7 Å². The molecule has 2 rings (SSSR count). The number of amides is 2. The minimum atomic E-state index is -0.476. The summed E-state index contributed by atoms with van der Waals surface area (Å²) in [7, 11) is 0. The number of carbonyl (C=O) groups is 2. The monoisotopic (exact) mass is 383 g/mol. The predicted molar refractivity (Wildman–Crippen MR) is 97.8 cm³/mol. The van der Waals surface area contributed by atoms with Gasteiger partial charge in [-0.25, -0.2) is 9.37 Å². The number of rotatable bonds is 6. The fraction of sp³-hybridized carbons (Fsp3) is 0.353. The molecule has 8 heteroatoms. The van der Waals surface area contributed by atoms with E-state index in [0.717, 1.165) is 6.07 Å². The second kappa shape index (κ2) is 8.40. The molecule has 2 amide bonds. The predicted octanol–water partition coefficient (Wildman–Crippen LogP) is 3.81. The summed E-state index contributed by atoms with van der Waals surface area (Å²) in [4.78, 5) is 29.1. The largest absolute Gasteiger partial charge is 0.351 e. The molecule has 25 heavy (non-hydrogen) atoms. The van der Waals surface area contributed by atoms with E-state index >= 15 is 0 Å². The minimum Gasteiger partial charge on any atom is -0.351 e. The lowest BCUT2D eigenvalue weighted by atomic mass is 10.2. The molecule has 0 atom stereocenters. The van der Waals surface area contributed by atoms with E-state index < -0.39 is 5.82 Å². The maximum absolute atomic E-state index is 13.0. The van der Waals surface area contributed by atoms with Crippen LogP contribution in [0.1, 0.15) is 34.2 Å². The summed E-state index contributed by atoms with van der Waals surface area (Å²) in [5, 5.41) is 6.10. The number of halogens is 2. The number of aryl methyl sites for hydroxylation is 1. The fourth-order valence-electron chi connectivity index (χ4n) is 2.04. The van der Waals surface area contributed by atoms with Gasteiger partial charge in [-0.15, -0.1) is 11.3 Å². The summed E-state index contributed by atoms with van der Waals surface area (Å²) >= 11 is 7.07. The molecule has 0 aliphatic carbocycles. The number of hydrogen-bond acceptors (Lipinski definition) is 4. The fourth-order valence-corrected chi connectivity index (χ4v) is 3.23. The van der Waals surface area contributed by atoms with E-state index in [2.05, 4.69) is 15.6 Å². The van der Waals surface area contributed by atoms with E-state index in [1.54, 1.807) is 6.92 Å². The Hall–Kier alpha value is -1.99. The van der Waals surface area contributed by atoms with Gasteiger partial charge in [-0.05, 0) is 31.0 Å². The molecule has 0 saturated heterocycles. The average Bonchev–Trinajstić information content (AvgIpc) is 2.88. The van der Waals surface area contributed by atoms with Crippen LogP contribution in [-0.4, -0.2) is 23.3 Å². The van der Waals surface area contributed by atoms with Crippen molar-refractivity contribution in [3.05, 3.63) is 44.6 Å². The molecule has 0 saturated carbocycles. The van der Waals surface area contributed by atoms with Gasteiger partial charge in [0.25, 0.3) is 5.91 Å². The first-order valence-electron chi connectivity index (χ1n) is 7.75. The molecule has 0 fully saturated rings. The van der Waals surface area contributed by atoms with Gasteiger partial charge in [0, 0.05) is 6.54 Å². The van der Waals surface area contributed by atoms with E-state index in [9.17, 15) is 14.0 Å². The molecule has 5 nitrogen and oxygen atoms in total. The summed E-state index contributed by atoms with van der Waals surface area (Å²) in [6, 6.07) is 3.74. The van der Waals surface area contributed by atoms with Gasteiger partial charge in [-0.3, -0.25) is 9.59 Å². The second-order valence-corrected chi connectivity index (χ2v) is 7.47. The zero-order chi connectivity index (χ0) is 18.6. The number of anilines is 1. The van der Waals surface area contributed by atoms with Crippen LogP contribution in [0.5, 0.6) is 0 Å². The maximum Gasteiger partial charge on any atom is 0.263 e. The molecule has 0 aliphatic rings. The van der Waals surface area contributed by atoms with E-state index in [1.807, 2.05) is 13.8 Å². The molecule has 2 aromatic rings. The normalized spacial score (nSPS) is 10.8. The number of benzene rings is 1. The summed E-state index contributed by atoms with van der Waals surface area (Å²) in [6.07, 6.45) is 0.0106. The minimum absolute atomic E-state index is 0.0106. The van der Waals surface area contributed by atoms with Crippen molar-refractivity contribution < 1.29 is 14.0 Å². The first-order valence-corrected chi connectivity index (χ1v) is 8.95. The lowest BCUT2D eigenvalue weighted by Gasteiger charge is -2.06. The van der Waals surface area contributed by atoms with Crippen molar-refractivity contribution in [2.24, 2.45) is 5.92 Å². The number of carbonyl (C=O) groups excluding carboxylic acids is 2. The zero-order valence-electron chi connectivity index (χ0n) is 14.2. The lowest BCUT2D eigenvalue weighted by Crippen LogP contribution is -2.27. The maximum atomic E-state index is 13.0. The Kier molecular flexibility index (Phi) is 6.50. The molecule has 1 heterocycles. The Morgan fingerprint density at radius 2 is 2.08 bits per heavy atom. The van der Waals surface area contributed by atoms with Crippen LogP contribution in [0.25, 0.3) is 0 Å². The quantitative estimate of drug-likeness (QED) is 0.796. The van der Waals surface area contributed by atoms with Gasteiger partial charge < -0.3 is 10.6 Å². The Balaban J connectivity index is 2.01. The third-order valence-corrected chi connectivity index (χ3v) is 4.70. The van der Waals surface area contributed by atoms with E-state index in [1.165, 1.54) is 23.5 Å². The van der Waals surface area contributed by atoms with Gasteiger partial charge in [0.05, 0.1) is 22.8 Å². The first kappa shape index (κ1) is 19.3. The van der Waals surface area contributed by atoms with Crippen LogP contribution in [0, 0.1) is 18.7 Å². The van der Waals surface area contributed by atoms with Crippen LogP contribution in [0.4, 0.5) is 10.1 Å². The van der Waals surface area contributed by atoms with Gasteiger partial charge in [0.15, 0.2) is 0 Å². The molecule has 1 aromatic heterocycles. The van der Waals surface area contributed by atoms with E-state index in [-0.39, 0.29) is 23.3 Å². The first-order chi connectivity index (χ1) is 11.8. The van der Waals surface area contributed by atoms with Crippen LogP contribution in [0.3, 0.4) is 0 Å². The molecule has 2 N–H and O–H groups in total. The molecule has 134 valence electrons. The van der Waals surface area contributed by atoms with Crippen LogP contribution >= 0.6 is 22.9 Å². The second-order valence-electron chi connectivity index (χ2n) is 5.98. The summed E-state index contributed by atoms with van der Waals surface area (Å²) < 4.78 is 13.0. The number of aromatic nitrogens is 1. The van der Waals surface area contributed by atoms with Crippen molar-refractivity contribution in [3.8, 4) is 0 Å². The molecule has 0 aliphatic heterocycles. The number of nitrogens with zero attached hydrogens (tertiary/aromatic N) is 1. The Morgan fingerprint density at radius 1 is 1.36 bits per heavy atom. The molecular formula is C17H19ClFN3O2S. The molecule has 0 spiro atoms. The van der Waals surface area contributed by atoms with Gasteiger partial charge in [-0.2, -0.15) is 0 Å².